The van der Waals surface area contributed by atoms with Crippen molar-refractivity contribution >= 4 is 0 Å². The van der Waals surface area contributed by atoms with Crippen LogP contribution in [-0.4, -0.2) is 0 Å². The van der Waals surface area contributed by atoms with Gasteiger partial charge in [0.25, 0.3) is 0 Å². The Morgan fingerprint density at radius 2 is 0.938 bits per heavy atom. The van der Waals surface area contributed by atoms with Gasteiger partial charge < -0.3 is 6.92 Å². The molecule has 0 saturated carbocycles. The van der Waals surface area contributed by atoms with Crippen LogP contribution in [0.1, 0.15) is 20.8 Å². The first-order chi connectivity index (χ1) is 7.00. The topological polar surface area (TPSA) is 0 Å². The van der Waals surface area contributed by atoms with Crippen molar-refractivity contribution in [2.75, 3.05) is 0 Å². The molecule has 2 aromatic rings. The zero-order valence-electron chi connectivity index (χ0n) is 10.2. The quantitative estimate of drug-likeness (QED) is 0.586. The summed E-state index contributed by atoms with van der Waals surface area (Å²) >= 11 is 0. The van der Waals surface area contributed by atoms with Crippen LogP contribution in [0.4, 0.5) is 0 Å². The maximum atomic E-state index is 3.77. The molecule has 0 aliphatic rings. The van der Waals surface area contributed by atoms with Gasteiger partial charge in [0, 0.05) is 0 Å². The Labute approximate surface area is 130 Å². The third-order valence-electron chi connectivity index (χ3n) is 1.11. The first-order valence-electron chi connectivity index (χ1n) is 5.19. The van der Waals surface area contributed by atoms with Crippen molar-refractivity contribution in [1.82, 2.24) is 0 Å². The molecule has 96 valence electrons. The summed E-state index contributed by atoms with van der Waals surface area (Å²) in [6, 6.07) is 20.0. The molecule has 2 rings (SSSR count). The Hall–Kier alpha value is -0.0662. The second-order valence-corrected chi connectivity index (χ2v) is 4.49. The molecule has 0 unspecified atom stereocenters. The van der Waals surface area contributed by atoms with E-state index < -0.39 is 0 Å². The Morgan fingerprint density at radius 1 is 0.750 bits per heavy atom. The maximum absolute atomic E-state index is 3.77. The van der Waals surface area contributed by atoms with Crippen LogP contribution in [0.25, 0.3) is 0 Å². The van der Waals surface area contributed by atoms with Crippen LogP contribution < -0.4 is 0 Å². The van der Waals surface area contributed by atoms with Gasteiger partial charge in [-0.05, 0) is 0 Å². The van der Waals surface area contributed by atoms with E-state index in [0.29, 0.717) is 0 Å². The molecule has 0 N–H and O–H groups in total. The van der Waals surface area contributed by atoms with Crippen LogP contribution in [0, 0.1) is 49.2 Å². The Kier molecular flexibility index (Phi) is 13.1. The van der Waals surface area contributed by atoms with Gasteiger partial charge in [-0.15, -0.1) is 0 Å². The third-order valence-corrected chi connectivity index (χ3v) is 1.11. The van der Waals surface area contributed by atoms with Crippen molar-refractivity contribution < 1.29 is 36.9 Å². The van der Waals surface area contributed by atoms with Crippen molar-refractivity contribution in [2.45, 2.75) is 20.8 Å². The minimum absolute atomic E-state index is 0. The fraction of sp³-hybridized carbons (Fsp3) is 0.267. The summed E-state index contributed by atoms with van der Waals surface area (Å²) in [5, 5.41) is 0. The van der Waals surface area contributed by atoms with E-state index in [1.54, 1.807) is 0 Å². The predicted molar refractivity (Wildman–Crippen MR) is 68.9 cm³/mol. The molecule has 16 heavy (non-hydrogen) atoms. The minimum atomic E-state index is 0. The molecule has 0 atom stereocenters. The van der Waals surface area contributed by atoms with E-state index in [0.717, 1.165) is 0 Å². The third kappa shape index (κ3) is 23.6. The first kappa shape index (κ1) is 18.3. The van der Waals surface area contributed by atoms with Crippen molar-refractivity contribution in [3.8, 4) is 0 Å². The fourth-order valence-electron chi connectivity index (χ4n) is 0.642. The van der Waals surface area contributed by atoms with E-state index >= 15 is 0 Å². The van der Waals surface area contributed by atoms with Crippen LogP contribution in [0.5, 0.6) is 0 Å². The minimum Gasteiger partial charge on any atom is -0.338 e. The van der Waals surface area contributed by atoms with E-state index in [1.807, 2.05) is 60.7 Å². The molecule has 0 aromatic heterocycles. The predicted octanol–water partition coefficient (Wildman–Crippen LogP) is 4.68. The summed E-state index contributed by atoms with van der Waals surface area (Å²) in [7, 11) is 0. The van der Waals surface area contributed by atoms with Crippen molar-refractivity contribution in [3.63, 3.8) is 0 Å². The SMILES string of the molecule is [CH2-]C(C)(C)C.[Lu+3].c1cc[cH-]c1.c1cc[cH-]c1. The van der Waals surface area contributed by atoms with E-state index in [1.165, 1.54) is 0 Å². The summed E-state index contributed by atoms with van der Waals surface area (Å²) in [6.45, 7) is 10.0. The zero-order valence-corrected chi connectivity index (χ0v) is 11.9. The number of hydrogen-bond donors (Lipinski definition) is 0. The van der Waals surface area contributed by atoms with Gasteiger partial charge in [-0.2, -0.15) is 41.8 Å². The molecule has 0 aliphatic carbocycles. The van der Waals surface area contributed by atoms with Gasteiger partial charge in [0.15, 0.2) is 0 Å². The molecule has 0 amide bonds. The summed E-state index contributed by atoms with van der Waals surface area (Å²) in [5.74, 6) is 0. The van der Waals surface area contributed by atoms with E-state index in [9.17, 15) is 0 Å². The molecule has 0 radical (unpaired) electrons. The van der Waals surface area contributed by atoms with Crippen LogP contribution in [-0.2, 0) is 0 Å². The summed E-state index contributed by atoms with van der Waals surface area (Å²) < 4.78 is 0. The van der Waals surface area contributed by atoms with Gasteiger partial charge in [-0.25, -0.2) is 24.3 Å². The molecule has 0 spiro atoms. The molecule has 0 nitrogen and oxygen atoms in total. The number of rotatable bonds is 0. The normalized spacial score (nSPS) is 8.75. The average molecular weight is 376 g/mol. The van der Waals surface area contributed by atoms with Gasteiger partial charge in [-0.3, -0.25) is 0 Å². The molecule has 0 bridgehead atoms. The smallest absolute Gasteiger partial charge is 0.338 e. The molecule has 0 fully saturated rings. The summed E-state index contributed by atoms with van der Waals surface area (Å²) in [5.41, 5.74) is 0.250. The van der Waals surface area contributed by atoms with Gasteiger partial charge in [0.05, 0.1) is 0 Å². The average Bonchev–Trinajstić information content (AvgIpc) is 2.81. The number of hydrogen-bond acceptors (Lipinski definition) is 0. The van der Waals surface area contributed by atoms with Gasteiger partial charge >= 0.3 is 36.9 Å². The van der Waals surface area contributed by atoms with Gasteiger partial charge in [0.1, 0.15) is 0 Å². The fourth-order valence-corrected chi connectivity index (χ4v) is 0.642. The Morgan fingerprint density at radius 3 is 1.00 bits per heavy atom. The first-order valence-corrected chi connectivity index (χ1v) is 5.19. The standard InChI is InChI=1S/2C5H5.C5H11.Lu/c2*1-2-4-5-3-1;1-5(2,3)4;/h2*1-5H;1H2,2-4H3;/q3*-1;+3. The van der Waals surface area contributed by atoms with Crippen LogP contribution in [0.3, 0.4) is 0 Å². The maximum Gasteiger partial charge on any atom is 3.00 e. The second-order valence-electron chi connectivity index (χ2n) is 4.49. The van der Waals surface area contributed by atoms with Crippen molar-refractivity contribution in [1.29, 1.82) is 0 Å². The van der Waals surface area contributed by atoms with E-state index in [-0.39, 0.29) is 42.3 Å². The van der Waals surface area contributed by atoms with E-state index in [2.05, 4.69) is 27.7 Å². The summed E-state index contributed by atoms with van der Waals surface area (Å²) in [4.78, 5) is 0. The largest absolute Gasteiger partial charge is 3.00 e. The molecule has 0 heterocycles. The van der Waals surface area contributed by atoms with Gasteiger partial charge in [-0.1, -0.05) is 20.8 Å². The molecular weight excluding hydrogens is 355 g/mol. The van der Waals surface area contributed by atoms with E-state index in [4.69, 9.17) is 0 Å². The molecule has 0 saturated heterocycles. The van der Waals surface area contributed by atoms with Crippen LogP contribution in [0.15, 0.2) is 60.7 Å². The molecule has 1 heteroatoms. The Balaban J connectivity index is 0. The van der Waals surface area contributed by atoms with Crippen molar-refractivity contribution in [3.05, 3.63) is 67.6 Å². The monoisotopic (exact) mass is 376 g/mol. The summed E-state index contributed by atoms with van der Waals surface area (Å²) in [6.07, 6.45) is 0. The van der Waals surface area contributed by atoms with Gasteiger partial charge in [0.2, 0.25) is 0 Å². The Bertz CT molecular complexity index is 205. The molecular formula is C15H21Lu. The second kappa shape index (κ2) is 11.4. The zero-order chi connectivity index (χ0) is 11.6. The molecule has 2 aromatic carbocycles. The van der Waals surface area contributed by atoms with Crippen LogP contribution >= 0.6 is 0 Å². The molecule has 0 aliphatic heterocycles. The van der Waals surface area contributed by atoms with Crippen LogP contribution in [0.2, 0.25) is 0 Å². The van der Waals surface area contributed by atoms with Crippen molar-refractivity contribution in [2.24, 2.45) is 5.41 Å².